The van der Waals surface area contributed by atoms with Crippen LogP contribution in [0.4, 0.5) is 0 Å². The van der Waals surface area contributed by atoms with Crippen molar-refractivity contribution in [1.82, 2.24) is 0 Å². The van der Waals surface area contributed by atoms with Crippen LogP contribution in [0.15, 0.2) is 80.2 Å². The summed E-state index contributed by atoms with van der Waals surface area (Å²) in [5, 5.41) is 17.6. The lowest BCUT2D eigenvalue weighted by molar-refractivity contribution is -0.132. The lowest BCUT2D eigenvalue weighted by Crippen LogP contribution is -2.07. The highest BCUT2D eigenvalue weighted by atomic mass is 127. The minimum absolute atomic E-state index is 0.0822. The number of aryl methyl sites for hydroxylation is 1. The molecule has 0 aromatic heterocycles. The van der Waals surface area contributed by atoms with Crippen LogP contribution in [-0.4, -0.2) is 20.6 Å². The Bertz CT molecular complexity index is 890. The van der Waals surface area contributed by atoms with Gasteiger partial charge in [0.05, 0.1) is 17.3 Å². The number of halogens is 1. The molecule has 1 aliphatic heterocycles. The SMILES string of the molecule is CCCCCc1ccc(C2=IC=C(N=NC3C=CC(C(=O)O)=CC3)C=C2)cc1. The van der Waals surface area contributed by atoms with Gasteiger partial charge in [0.15, 0.2) is 0 Å². The van der Waals surface area contributed by atoms with Gasteiger partial charge in [0.1, 0.15) is 0 Å². The summed E-state index contributed by atoms with van der Waals surface area (Å²) < 4.78 is 3.59. The predicted octanol–water partition coefficient (Wildman–Crippen LogP) is 6.11. The molecule has 0 radical (unpaired) electrons. The van der Waals surface area contributed by atoms with E-state index in [9.17, 15) is 4.79 Å². The molecule has 1 aromatic carbocycles. The summed E-state index contributed by atoms with van der Waals surface area (Å²) in [5.74, 6) is -0.897. The van der Waals surface area contributed by atoms with E-state index < -0.39 is 5.97 Å². The number of carbonyl (C=O) groups is 1. The third-order valence-corrected chi connectivity index (χ3v) is 7.23. The van der Waals surface area contributed by atoms with E-state index in [1.165, 1.54) is 33.9 Å². The summed E-state index contributed by atoms with van der Waals surface area (Å²) >= 11 is -0.235. The van der Waals surface area contributed by atoms with E-state index in [0.717, 1.165) is 12.1 Å². The zero-order valence-corrected chi connectivity index (χ0v) is 18.2. The Balaban J connectivity index is 1.57. The molecule has 1 aromatic rings. The Morgan fingerprint density at radius 2 is 2.00 bits per heavy atom. The molecule has 1 aliphatic carbocycles. The molecule has 0 saturated heterocycles. The normalized spacial score (nSPS) is 19.0. The Labute approximate surface area is 176 Å². The van der Waals surface area contributed by atoms with Crippen LogP contribution in [0.25, 0.3) is 0 Å². The first kappa shape index (κ1) is 20.6. The number of carboxylic acids is 1. The summed E-state index contributed by atoms with van der Waals surface area (Å²) in [6, 6.07) is 8.90. The van der Waals surface area contributed by atoms with Crippen LogP contribution in [0.5, 0.6) is 0 Å². The van der Waals surface area contributed by atoms with Crippen LogP contribution in [0, 0.1) is 0 Å². The number of allylic oxidation sites excluding steroid dienone is 2. The van der Waals surface area contributed by atoms with Crippen molar-refractivity contribution in [1.29, 1.82) is 0 Å². The first-order valence-electron chi connectivity index (χ1n) is 9.66. The van der Waals surface area contributed by atoms with Crippen LogP contribution in [-0.2, 0) is 11.2 Å². The number of unbranched alkanes of at least 4 members (excludes halogenated alkanes) is 2. The van der Waals surface area contributed by atoms with Gasteiger partial charge in [-0.3, -0.25) is 0 Å². The highest BCUT2D eigenvalue weighted by Gasteiger charge is 2.12. The first-order valence-corrected chi connectivity index (χ1v) is 12.0. The summed E-state index contributed by atoms with van der Waals surface area (Å²) in [6.45, 7) is 2.23. The molecule has 5 heteroatoms. The second-order valence-electron chi connectivity index (χ2n) is 6.82. The lowest BCUT2D eigenvalue weighted by Gasteiger charge is -2.09. The summed E-state index contributed by atoms with van der Waals surface area (Å²) in [5.41, 5.74) is 3.94. The maximum absolute atomic E-state index is 10.9. The van der Waals surface area contributed by atoms with E-state index in [1.807, 2.05) is 6.08 Å². The minimum Gasteiger partial charge on any atom is -0.478 e. The molecular weight excluding hydrogens is 463 g/mol. The number of carboxylic acid groups (broad SMARTS) is 1. The van der Waals surface area contributed by atoms with Crippen molar-refractivity contribution < 1.29 is 9.90 Å². The van der Waals surface area contributed by atoms with Crippen LogP contribution in [0.2, 0.25) is 0 Å². The number of aliphatic carboxylic acids is 1. The molecule has 1 unspecified atom stereocenters. The number of azo groups is 1. The zero-order chi connectivity index (χ0) is 19.8. The number of rotatable bonds is 8. The highest BCUT2D eigenvalue weighted by molar-refractivity contribution is 14.2. The predicted molar refractivity (Wildman–Crippen MR) is 123 cm³/mol. The Morgan fingerprint density at radius 1 is 1.18 bits per heavy atom. The average Bonchev–Trinajstić information content (AvgIpc) is 2.74. The second-order valence-corrected chi connectivity index (χ2v) is 9.23. The standard InChI is InChI=1S/C23H25IN2O2/c1-2-3-4-5-17-6-8-18(9-7-17)22-15-14-21(16-24-22)26-25-20-12-10-19(11-13-20)23(27)28/h6-12,14-16,20H,2-5,13H2,1H3,(H,27,28). The fourth-order valence-electron chi connectivity index (χ4n) is 2.96. The largest absolute Gasteiger partial charge is 0.478 e. The Kier molecular flexibility index (Phi) is 7.65. The van der Waals surface area contributed by atoms with Crippen LogP contribution in [0.3, 0.4) is 0 Å². The van der Waals surface area contributed by atoms with Gasteiger partial charge in [0, 0.05) is 3.51 Å². The molecule has 146 valence electrons. The van der Waals surface area contributed by atoms with Gasteiger partial charge in [-0.15, -0.1) is 0 Å². The van der Waals surface area contributed by atoms with E-state index in [0.29, 0.717) is 12.0 Å². The van der Waals surface area contributed by atoms with Crippen molar-refractivity contribution in [3.63, 3.8) is 0 Å². The van der Waals surface area contributed by atoms with Gasteiger partial charge < -0.3 is 5.11 Å². The molecule has 1 N–H and O–H groups in total. The Morgan fingerprint density at radius 3 is 2.61 bits per heavy atom. The molecule has 1 atom stereocenters. The molecular formula is C23H25IN2O2. The van der Waals surface area contributed by atoms with Gasteiger partial charge in [-0.1, -0.05) is 76.9 Å². The first-order chi connectivity index (χ1) is 13.7. The van der Waals surface area contributed by atoms with E-state index in [-0.39, 0.29) is 26.8 Å². The van der Waals surface area contributed by atoms with Crippen molar-refractivity contribution in [3.8, 4) is 0 Å². The van der Waals surface area contributed by atoms with Crippen LogP contribution < -0.4 is 0 Å². The maximum Gasteiger partial charge on any atom is 0.335 e. The molecule has 0 saturated carbocycles. The topological polar surface area (TPSA) is 62.0 Å². The van der Waals surface area contributed by atoms with E-state index in [1.54, 1.807) is 18.2 Å². The fourth-order valence-corrected chi connectivity index (χ4v) is 5.06. The summed E-state index contributed by atoms with van der Waals surface area (Å²) in [7, 11) is 0. The van der Waals surface area contributed by atoms with Gasteiger partial charge >= 0.3 is 5.97 Å². The van der Waals surface area contributed by atoms with Gasteiger partial charge in [0.25, 0.3) is 0 Å². The zero-order valence-electron chi connectivity index (χ0n) is 16.0. The number of benzene rings is 1. The molecule has 0 bridgehead atoms. The molecule has 4 nitrogen and oxygen atoms in total. The van der Waals surface area contributed by atoms with Crippen molar-refractivity contribution in [2.45, 2.75) is 45.1 Å². The fraction of sp³-hybridized carbons (Fsp3) is 0.304. The number of nitrogens with zero attached hydrogens (tertiary/aromatic N) is 2. The quantitative estimate of drug-likeness (QED) is 0.273. The Hall–Kier alpha value is -2.15. The van der Waals surface area contributed by atoms with Gasteiger partial charge in [-0.2, -0.15) is 10.2 Å². The monoisotopic (exact) mass is 488 g/mol. The highest BCUT2D eigenvalue weighted by Crippen LogP contribution is 2.23. The summed E-state index contributed by atoms with van der Waals surface area (Å²) in [6.07, 6.45) is 14.8. The molecule has 3 rings (SSSR count). The smallest absolute Gasteiger partial charge is 0.335 e. The molecule has 28 heavy (non-hydrogen) atoms. The molecule has 0 spiro atoms. The van der Waals surface area contributed by atoms with E-state index in [4.69, 9.17) is 5.11 Å². The van der Waals surface area contributed by atoms with E-state index in [2.05, 4.69) is 51.6 Å². The lowest BCUT2D eigenvalue weighted by atomic mass is 10.0. The van der Waals surface area contributed by atoms with Crippen LogP contribution in [0.1, 0.15) is 43.7 Å². The number of hydrogen-bond donors (Lipinski definition) is 1. The average molecular weight is 488 g/mol. The van der Waals surface area contributed by atoms with Gasteiger partial charge in [0.2, 0.25) is 0 Å². The molecule has 0 fully saturated rings. The van der Waals surface area contributed by atoms with Crippen LogP contribution >= 0.6 is 20.7 Å². The second kappa shape index (κ2) is 10.4. The maximum atomic E-state index is 10.9. The van der Waals surface area contributed by atoms with Crippen molar-refractivity contribution in [3.05, 3.63) is 81.1 Å². The number of hydrogen-bond acceptors (Lipinski definition) is 3. The molecule has 0 amide bonds. The van der Waals surface area contributed by atoms with Gasteiger partial charge in [-0.05, 0) is 52.7 Å². The van der Waals surface area contributed by atoms with Crippen molar-refractivity contribution in [2.24, 2.45) is 10.2 Å². The van der Waals surface area contributed by atoms with Gasteiger partial charge in [-0.25, -0.2) is 4.79 Å². The minimum atomic E-state index is -0.897. The van der Waals surface area contributed by atoms with E-state index >= 15 is 0 Å². The van der Waals surface area contributed by atoms with Crippen molar-refractivity contribution >= 4 is 30.2 Å². The summed E-state index contributed by atoms with van der Waals surface area (Å²) in [4.78, 5) is 10.9. The molecule has 2 aliphatic rings. The third-order valence-electron chi connectivity index (χ3n) is 4.63. The molecule has 1 heterocycles. The third kappa shape index (κ3) is 5.92. The van der Waals surface area contributed by atoms with Crippen molar-refractivity contribution in [2.75, 3.05) is 0 Å².